The fraction of sp³-hybridized carbons (Fsp3) is 1.00. The smallest absolute Gasteiger partial charge is 0.0107 e. The van der Waals surface area contributed by atoms with E-state index in [9.17, 15) is 0 Å². The molecule has 0 bridgehead atoms. The highest BCUT2D eigenvalue weighted by molar-refractivity contribution is 4.88. The molecule has 112 valence electrons. The second kappa shape index (κ2) is 8.26. The molecule has 2 aliphatic rings. The van der Waals surface area contributed by atoms with Crippen LogP contribution < -0.4 is 5.32 Å². The van der Waals surface area contributed by atoms with E-state index in [4.69, 9.17) is 0 Å². The van der Waals surface area contributed by atoms with Crippen LogP contribution in [0.2, 0.25) is 0 Å². The second-order valence-corrected chi connectivity index (χ2v) is 6.68. The first-order valence-corrected chi connectivity index (χ1v) is 8.82. The maximum absolute atomic E-state index is 3.84. The van der Waals surface area contributed by atoms with Crippen LogP contribution in [-0.4, -0.2) is 36.6 Å². The van der Waals surface area contributed by atoms with Gasteiger partial charge >= 0.3 is 0 Å². The van der Waals surface area contributed by atoms with E-state index in [-0.39, 0.29) is 0 Å². The molecule has 0 aliphatic heterocycles. The number of hydrogen-bond donors (Lipinski definition) is 1. The minimum atomic E-state index is 0.792. The van der Waals surface area contributed by atoms with Crippen LogP contribution in [0.25, 0.3) is 0 Å². The molecular formula is C17H34N2. The fourth-order valence-corrected chi connectivity index (χ4v) is 3.65. The highest BCUT2D eigenvalue weighted by Crippen LogP contribution is 2.31. The van der Waals surface area contributed by atoms with Gasteiger partial charge in [-0.1, -0.05) is 33.1 Å². The van der Waals surface area contributed by atoms with Gasteiger partial charge in [0.05, 0.1) is 0 Å². The average Bonchev–Trinajstić information content (AvgIpc) is 3.24. The molecule has 2 nitrogen and oxygen atoms in total. The third-order valence-corrected chi connectivity index (χ3v) is 4.86. The van der Waals surface area contributed by atoms with E-state index in [1.165, 1.54) is 77.4 Å². The quantitative estimate of drug-likeness (QED) is 0.672. The lowest BCUT2D eigenvalue weighted by Gasteiger charge is -2.32. The summed E-state index contributed by atoms with van der Waals surface area (Å²) in [6.07, 6.45) is 12.7. The van der Waals surface area contributed by atoms with Crippen LogP contribution in [0.3, 0.4) is 0 Å². The molecule has 19 heavy (non-hydrogen) atoms. The number of nitrogens with zero attached hydrogens (tertiary/aromatic N) is 1. The molecule has 0 aromatic rings. The first-order chi connectivity index (χ1) is 9.35. The molecule has 0 radical (unpaired) electrons. The summed E-state index contributed by atoms with van der Waals surface area (Å²) in [7, 11) is 0. The van der Waals surface area contributed by atoms with Gasteiger partial charge in [0, 0.05) is 18.6 Å². The van der Waals surface area contributed by atoms with Gasteiger partial charge in [-0.2, -0.15) is 0 Å². The maximum Gasteiger partial charge on any atom is 0.0107 e. The Kier molecular flexibility index (Phi) is 6.66. The van der Waals surface area contributed by atoms with E-state index in [0.29, 0.717) is 0 Å². The minimum absolute atomic E-state index is 0.792. The summed E-state index contributed by atoms with van der Waals surface area (Å²) in [4.78, 5) is 2.80. The van der Waals surface area contributed by atoms with Gasteiger partial charge in [-0.05, 0) is 57.5 Å². The van der Waals surface area contributed by atoms with Crippen LogP contribution in [0.1, 0.15) is 71.6 Å². The maximum atomic E-state index is 3.84. The predicted octanol–water partition coefficient (Wildman–Crippen LogP) is 3.81. The Morgan fingerprint density at radius 3 is 2.42 bits per heavy atom. The van der Waals surface area contributed by atoms with Crippen LogP contribution in [0.15, 0.2) is 0 Å². The van der Waals surface area contributed by atoms with E-state index < -0.39 is 0 Å². The lowest BCUT2D eigenvalue weighted by atomic mass is 9.93. The fourth-order valence-electron chi connectivity index (χ4n) is 3.65. The SMILES string of the molecule is CCCNC1CCCCCC1CN(CCC)C1CC1. The molecule has 2 saturated carbocycles. The Morgan fingerprint density at radius 1 is 0.947 bits per heavy atom. The zero-order chi connectivity index (χ0) is 13.5. The zero-order valence-corrected chi connectivity index (χ0v) is 13.2. The molecule has 0 amide bonds. The molecule has 2 rings (SSSR count). The molecule has 0 aromatic carbocycles. The van der Waals surface area contributed by atoms with Crippen molar-refractivity contribution >= 4 is 0 Å². The Balaban J connectivity index is 1.87. The number of hydrogen-bond acceptors (Lipinski definition) is 2. The minimum Gasteiger partial charge on any atom is -0.314 e. The summed E-state index contributed by atoms with van der Waals surface area (Å²) >= 11 is 0. The molecule has 0 heterocycles. The molecule has 2 atom stereocenters. The first kappa shape index (κ1) is 15.3. The third kappa shape index (κ3) is 5.07. The Bertz CT molecular complexity index is 237. The normalized spacial score (nSPS) is 28.6. The largest absolute Gasteiger partial charge is 0.314 e. The lowest BCUT2D eigenvalue weighted by Crippen LogP contribution is -2.43. The summed E-state index contributed by atoms with van der Waals surface area (Å²) in [6, 6.07) is 1.73. The predicted molar refractivity (Wildman–Crippen MR) is 83.5 cm³/mol. The second-order valence-electron chi connectivity index (χ2n) is 6.68. The van der Waals surface area contributed by atoms with Crippen LogP contribution in [-0.2, 0) is 0 Å². The highest BCUT2D eigenvalue weighted by Gasteiger charge is 2.32. The van der Waals surface area contributed by atoms with Crippen molar-refractivity contribution in [3.63, 3.8) is 0 Å². The summed E-state index contributed by atoms with van der Waals surface area (Å²) in [5.41, 5.74) is 0. The van der Waals surface area contributed by atoms with Gasteiger partial charge in [-0.3, -0.25) is 0 Å². The summed E-state index contributed by atoms with van der Waals surface area (Å²) in [6.45, 7) is 8.50. The van der Waals surface area contributed by atoms with Crippen molar-refractivity contribution in [1.82, 2.24) is 10.2 Å². The van der Waals surface area contributed by atoms with E-state index in [2.05, 4.69) is 24.1 Å². The first-order valence-electron chi connectivity index (χ1n) is 8.82. The molecule has 0 aromatic heterocycles. The Morgan fingerprint density at radius 2 is 1.74 bits per heavy atom. The van der Waals surface area contributed by atoms with Gasteiger partial charge in [0.2, 0.25) is 0 Å². The monoisotopic (exact) mass is 266 g/mol. The van der Waals surface area contributed by atoms with E-state index >= 15 is 0 Å². The van der Waals surface area contributed by atoms with Gasteiger partial charge in [-0.25, -0.2) is 0 Å². The topological polar surface area (TPSA) is 15.3 Å². The van der Waals surface area contributed by atoms with Crippen molar-refractivity contribution in [2.24, 2.45) is 5.92 Å². The van der Waals surface area contributed by atoms with Gasteiger partial charge < -0.3 is 10.2 Å². The van der Waals surface area contributed by atoms with Crippen LogP contribution >= 0.6 is 0 Å². The van der Waals surface area contributed by atoms with Gasteiger partial charge in [-0.15, -0.1) is 0 Å². The summed E-state index contributed by atoms with van der Waals surface area (Å²) in [5, 5.41) is 3.84. The average molecular weight is 266 g/mol. The Hall–Kier alpha value is -0.0800. The molecule has 0 saturated heterocycles. The van der Waals surface area contributed by atoms with Crippen molar-refractivity contribution in [1.29, 1.82) is 0 Å². The highest BCUT2D eigenvalue weighted by atomic mass is 15.2. The standard InChI is InChI=1S/C17H34N2/c1-3-12-18-17-9-7-5-6-8-15(17)14-19(13-4-2)16-10-11-16/h15-18H,3-14H2,1-2H3. The Labute approximate surface area is 120 Å². The van der Waals surface area contributed by atoms with Gasteiger partial charge in [0.25, 0.3) is 0 Å². The molecule has 2 unspecified atom stereocenters. The molecule has 0 spiro atoms. The van der Waals surface area contributed by atoms with Crippen molar-refractivity contribution in [3.8, 4) is 0 Å². The van der Waals surface area contributed by atoms with Crippen molar-refractivity contribution in [2.45, 2.75) is 83.7 Å². The summed E-state index contributed by atoms with van der Waals surface area (Å²) < 4.78 is 0. The third-order valence-electron chi connectivity index (χ3n) is 4.86. The lowest BCUT2D eigenvalue weighted by molar-refractivity contribution is 0.186. The molecule has 2 fully saturated rings. The van der Waals surface area contributed by atoms with Crippen LogP contribution in [0.5, 0.6) is 0 Å². The molecular weight excluding hydrogens is 232 g/mol. The molecule has 2 heteroatoms. The molecule has 2 aliphatic carbocycles. The zero-order valence-electron chi connectivity index (χ0n) is 13.2. The van der Waals surface area contributed by atoms with Crippen molar-refractivity contribution in [3.05, 3.63) is 0 Å². The van der Waals surface area contributed by atoms with Crippen molar-refractivity contribution in [2.75, 3.05) is 19.6 Å². The van der Waals surface area contributed by atoms with Crippen LogP contribution in [0.4, 0.5) is 0 Å². The van der Waals surface area contributed by atoms with E-state index in [1.54, 1.807) is 0 Å². The van der Waals surface area contributed by atoms with Gasteiger partial charge in [0.15, 0.2) is 0 Å². The molecule has 1 N–H and O–H groups in total. The number of rotatable bonds is 8. The van der Waals surface area contributed by atoms with E-state index in [1.807, 2.05) is 0 Å². The van der Waals surface area contributed by atoms with Gasteiger partial charge in [0.1, 0.15) is 0 Å². The van der Waals surface area contributed by atoms with Crippen molar-refractivity contribution < 1.29 is 0 Å². The van der Waals surface area contributed by atoms with Crippen LogP contribution in [0, 0.1) is 5.92 Å². The van der Waals surface area contributed by atoms with E-state index in [0.717, 1.165) is 18.0 Å². The summed E-state index contributed by atoms with van der Waals surface area (Å²) in [5.74, 6) is 0.904. The number of nitrogens with one attached hydrogen (secondary N) is 1.